The Morgan fingerprint density at radius 3 is 2.67 bits per heavy atom. The summed E-state index contributed by atoms with van der Waals surface area (Å²) in [7, 11) is 0. The summed E-state index contributed by atoms with van der Waals surface area (Å²) < 4.78 is 1.06. The first kappa shape index (κ1) is 12.9. The molecule has 0 heterocycles. The highest BCUT2D eigenvalue weighted by molar-refractivity contribution is 9.10. The molecule has 90 valence electrons. The van der Waals surface area contributed by atoms with Crippen LogP contribution in [0.1, 0.15) is 11.1 Å². The molecule has 0 aromatic heterocycles. The van der Waals surface area contributed by atoms with E-state index in [1.807, 2.05) is 30.3 Å². The third-order valence-corrected chi connectivity index (χ3v) is 3.61. The summed E-state index contributed by atoms with van der Waals surface area (Å²) in [5.74, 6) is 0. The van der Waals surface area contributed by atoms with Crippen LogP contribution >= 0.6 is 27.5 Å². The van der Waals surface area contributed by atoms with Gasteiger partial charge < -0.3 is 5.32 Å². The van der Waals surface area contributed by atoms with Crippen LogP contribution in [0, 0.1) is 11.3 Å². The second-order valence-electron chi connectivity index (χ2n) is 3.75. The van der Waals surface area contributed by atoms with Crippen LogP contribution < -0.4 is 5.32 Å². The Bertz CT molecular complexity index is 605. The van der Waals surface area contributed by atoms with Crippen LogP contribution in [-0.2, 0) is 6.54 Å². The van der Waals surface area contributed by atoms with Crippen molar-refractivity contribution in [2.75, 3.05) is 5.32 Å². The summed E-state index contributed by atoms with van der Waals surface area (Å²) in [5, 5.41) is 12.6. The Hall–Kier alpha value is -1.50. The van der Waals surface area contributed by atoms with Gasteiger partial charge in [-0.2, -0.15) is 5.26 Å². The number of benzene rings is 2. The summed E-state index contributed by atoms with van der Waals surface area (Å²) in [6.07, 6.45) is 0. The number of anilines is 1. The van der Waals surface area contributed by atoms with Gasteiger partial charge in [0.25, 0.3) is 0 Å². The summed E-state index contributed by atoms with van der Waals surface area (Å²) in [6, 6.07) is 15.3. The number of rotatable bonds is 3. The van der Waals surface area contributed by atoms with Crippen LogP contribution in [-0.4, -0.2) is 0 Å². The number of nitrogens with one attached hydrogen (secondary N) is 1. The van der Waals surface area contributed by atoms with Gasteiger partial charge in [0.2, 0.25) is 0 Å². The maximum absolute atomic E-state index is 8.76. The molecule has 2 rings (SSSR count). The molecule has 2 aromatic rings. The zero-order valence-electron chi connectivity index (χ0n) is 9.45. The van der Waals surface area contributed by atoms with Gasteiger partial charge in [-0.1, -0.05) is 45.7 Å². The molecule has 2 nitrogen and oxygen atoms in total. The summed E-state index contributed by atoms with van der Waals surface area (Å²) in [4.78, 5) is 0. The SMILES string of the molecule is N#Cc1ccc(NCc2ccccc2Br)c(Cl)c1. The van der Waals surface area contributed by atoms with E-state index in [4.69, 9.17) is 16.9 Å². The quantitative estimate of drug-likeness (QED) is 0.897. The van der Waals surface area contributed by atoms with E-state index in [1.54, 1.807) is 12.1 Å². The lowest BCUT2D eigenvalue weighted by Gasteiger charge is -2.09. The van der Waals surface area contributed by atoms with E-state index in [0.717, 1.165) is 15.7 Å². The van der Waals surface area contributed by atoms with Crippen molar-refractivity contribution in [2.45, 2.75) is 6.54 Å². The lowest BCUT2D eigenvalue weighted by molar-refractivity contribution is 1.14. The van der Waals surface area contributed by atoms with Crippen molar-refractivity contribution in [2.24, 2.45) is 0 Å². The lowest BCUT2D eigenvalue weighted by atomic mass is 10.2. The largest absolute Gasteiger partial charge is 0.380 e. The molecule has 0 saturated carbocycles. The Kier molecular flexibility index (Phi) is 4.24. The van der Waals surface area contributed by atoms with Crippen LogP contribution in [0.15, 0.2) is 46.9 Å². The number of hydrogen-bond acceptors (Lipinski definition) is 2. The molecule has 0 aliphatic carbocycles. The van der Waals surface area contributed by atoms with Crippen molar-refractivity contribution in [1.82, 2.24) is 0 Å². The molecule has 0 radical (unpaired) electrons. The molecule has 0 aliphatic heterocycles. The van der Waals surface area contributed by atoms with Gasteiger partial charge in [-0.25, -0.2) is 0 Å². The maximum Gasteiger partial charge on any atom is 0.0992 e. The van der Waals surface area contributed by atoms with Crippen molar-refractivity contribution < 1.29 is 0 Å². The lowest BCUT2D eigenvalue weighted by Crippen LogP contribution is -2.00. The zero-order valence-corrected chi connectivity index (χ0v) is 11.8. The van der Waals surface area contributed by atoms with Gasteiger partial charge >= 0.3 is 0 Å². The molecule has 18 heavy (non-hydrogen) atoms. The molecule has 0 amide bonds. The Labute approximate surface area is 119 Å². The Morgan fingerprint density at radius 2 is 2.00 bits per heavy atom. The summed E-state index contributed by atoms with van der Waals surface area (Å²) in [6.45, 7) is 0.674. The summed E-state index contributed by atoms with van der Waals surface area (Å²) in [5.41, 5.74) is 2.54. The number of nitrogens with zero attached hydrogens (tertiary/aromatic N) is 1. The van der Waals surface area contributed by atoms with Crippen LogP contribution in [0.2, 0.25) is 5.02 Å². The van der Waals surface area contributed by atoms with Gasteiger partial charge in [0.1, 0.15) is 0 Å². The first-order valence-corrected chi connectivity index (χ1v) is 6.55. The van der Waals surface area contributed by atoms with E-state index in [9.17, 15) is 0 Å². The van der Waals surface area contributed by atoms with Crippen LogP contribution in [0.5, 0.6) is 0 Å². The third-order valence-electron chi connectivity index (χ3n) is 2.53. The van der Waals surface area contributed by atoms with Crippen molar-refractivity contribution in [1.29, 1.82) is 5.26 Å². The molecule has 0 spiro atoms. The molecule has 1 N–H and O–H groups in total. The summed E-state index contributed by atoms with van der Waals surface area (Å²) >= 11 is 9.58. The minimum absolute atomic E-state index is 0.557. The standard InChI is InChI=1S/C14H10BrClN2/c15-12-4-2-1-3-11(12)9-18-14-6-5-10(8-17)7-13(14)16/h1-7,18H,9H2. The smallest absolute Gasteiger partial charge is 0.0992 e. The van der Waals surface area contributed by atoms with E-state index < -0.39 is 0 Å². The van der Waals surface area contributed by atoms with Crippen LogP contribution in [0.25, 0.3) is 0 Å². The van der Waals surface area contributed by atoms with E-state index in [2.05, 4.69) is 27.3 Å². The molecule has 0 atom stereocenters. The molecule has 4 heteroatoms. The van der Waals surface area contributed by atoms with Gasteiger partial charge in [0.05, 0.1) is 22.3 Å². The second kappa shape index (κ2) is 5.90. The molecule has 0 aliphatic rings. The molecule has 0 saturated heterocycles. The minimum atomic E-state index is 0.557. The minimum Gasteiger partial charge on any atom is -0.380 e. The van der Waals surface area contributed by atoms with E-state index >= 15 is 0 Å². The fourth-order valence-electron chi connectivity index (χ4n) is 1.56. The molecule has 0 fully saturated rings. The average molecular weight is 322 g/mol. The fraction of sp³-hybridized carbons (Fsp3) is 0.0714. The van der Waals surface area contributed by atoms with Gasteiger partial charge in [0, 0.05) is 11.0 Å². The van der Waals surface area contributed by atoms with Gasteiger partial charge in [-0.3, -0.25) is 0 Å². The van der Waals surface area contributed by atoms with E-state index in [1.165, 1.54) is 0 Å². The molecular formula is C14H10BrClN2. The second-order valence-corrected chi connectivity index (χ2v) is 5.01. The predicted octanol–water partition coefficient (Wildman–Crippen LogP) is 4.59. The Balaban J connectivity index is 2.12. The number of halogens is 2. The highest BCUT2D eigenvalue weighted by Crippen LogP contribution is 2.24. The maximum atomic E-state index is 8.76. The van der Waals surface area contributed by atoms with Gasteiger partial charge in [0.15, 0.2) is 0 Å². The fourth-order valence-corrected chi connectivity index (χ4v) is 2.23. The zero-order chi connectivity index (χ0) is 13.0. The van der Waals surface area contributed by atoms with Crippen LogP contribution in [0.3, 0.4) is 0 Å². The van der Waals surface area contributed by atoms with Crippen molar-refractivity contribution in [3.63, 3.8) is 0 Å². The highest BCUT2D eigenvalue weighted by atomic mass is 79.9. The van der Waals surface area contributed by atoms with Gasteiger partial charge in [-0.05, 0) is 29.8 Å². The first-order valence-electron chi connectivity index (χ1n) is 5.37. The van der Waals surface area contributed by atoms with E-state index in [-0.39, 0.29) is 0 Å². The molecule has 0 unspecified atom stereocenters. The molecule has 2 aromatic carbocycles. The number of hydrogen-bond donors (Lipinski definition) is 1. The Morgan fingerprint density at radius 1 is 1.22 bits per heavy atom. The van der Waals surface area contributed by atoms with Crippen molar-refractivity contribution >= 4 is 33.2 Å². The average Bonchev–Trinajstić information content (AvgIpc) is 2.39. The molecular weight excluding hydrogens is 312 g/mol. The van der Waals surface area contributed by atoms with Crippen molar-refractivity contribution in [3.8, 4) is 6.07 Å². The number of nitriles is 1. The van der Waals surface area contributed by atoms with Crippen molar-refractivity contribution in [3.05, 3.63) is 63.1 Å². The normalized spacial score (nSPS) is 9.83. The van der Waals surface area contributed by atoms with Crippen LogP contribution in [0.4, 0.5) is 5.69 Å². The third kappa shape index (κ3) is 3.04. The monoisotopic (exact) mass is 320 g/mol. The predicted molar refractivity (Wildman–Crippen MR) is 77.6 cm³/mol. The van der Waals surface area contributed by atoms with Gasteiger partial charge in [-0.15, -0.1) is 0 Å². The highest BCUT2D eigenvalue weighted by Gasteiger charge is 2.03. The topological polar surface area (TPSA) is 35.8 Å². The van der Waals surface area contributed by atoms with E-state index in [0.29, 0.717) is 17.1 Å². The first-order chi connectivity index (χ1) is 8.70. The molecule has 0 bridgehead atoms.